The molecule has 3 heterocycles. The van der Waals surface area contributed by atoms with Gasteiger partial charge in [0, 0.05) is 30.6 Å². The van der Waals surface area contributed by atoms with E-state index in [-0.39, 0.29) is 17.9 Å². The van der Waals surface area contributed by atoms with E-state index in [1.807, 2.05) is 23.1 Å². The molecular formula is C18H21ClN2O3. The summed E-state index contributed by atoms with van der Waals surface area (Å²) in [6.07, 6.45) is 4.49. The zero-order valence-corrected chi connectivity index (χ0v) is 14.3. The van der Waals surface area contributed by atoms with Crippen molar-refractivity contribution >= 4 is 28.6 Å². The molecule has 0 N–H and O–H groups in total. The highest BCUT2D eigenvalue weighted by Crippen LogP contribution is 2.31. The molecule has 2 fully saturated rings. The van der Waals surface area contributed by atoms with Gasteiger partial charge >= 0.3 is 0 Å². The number of halogens is 1. The molecule has 24 heavy (non-hydrogen) atoms. The lowest BCUT2D eigenvalue weighted by molar-refractivity contribution is -0.134. The molecule has 0 bridgehead atoms. The minimum atomic E-state index is 0.122. The van der Waals surface area contributed by atoms with Gasteiger partial charge in [0.05, 0.1) is 12.5 Å². The van der Waals surface area contributed by atoms with Gasteiger partial charge in [-0.25, -0.2) is 4.98 Å². The van der Waals surface area contributed by atoms with Gasteiger partial charge in [-0.1, -0.05) is 11.6 Å². The number of hydrogen-bond acceptors (Lipinski definition) is 4. The summed E-state index contributed by atoms with van der Waals surface area (Å²) in [5, 5.41) is 0.664. The van der Waals surface area contributed by atoms with Crippen molar-refractivity contribution in [3.63, 3.8) is 0 Å². The predicted molar refractivity (Wildman–Crippen MR) is 91.2 cm³/mol. The molecule has 1 aromatic heterocycles. The van der Waals surface area contributed by atoms with E-state index >= 15 is 0 Å². The molecule has 0 saturated carbocycles. The first-order chi connectivity index (χ1) is 11.7. The number of fused-ring (bicyclic) bond motifs is 1. The van der Waals surface area contributed by atoms with Crippen molar-refractivity contribution in [1.82, 2.24) is 9.88 Å². The van der Waals surface area contributed by atoms with Crippen LogP contribution in [0.5, 0.6) is 0 Å². The van der Waals surface area contributed by atoms with Crippen LogP contribution in [-0.4, -0.2) is 41.6 Å². The van der Waals surface area contributed by atoms with E-state index in [0.29, 0.717) is 11.4 Å². The molecule has 0 spiro atoms. The van der Waals surface area contributed by atoms with Gasteiger partial charge in [0.1, 0.15) is 5.52 Å². The molecule has 2 aliphatic rings. The third-order valence-electron chi connectivity index (χ3n) is 4.99. The molecule has 1 atom stereocenters. The van der Waals surface area contributed by atoms with Gasteiger partial charge in [0.15, 0.2) is 11.5 Å². The summed E-state index contributed by atoms with van der Waals surface area (Å²) in [5.74, 6) is 1.24. The first-order valence-electron chi connectivity index (χ1n) is 8.64. The van der Waals surface area contributed by atoms with E-state index in [2.05, 4.69) is 4.98 Å². The maximum atomic E-state index is 12.4. The van der Waals surface area contributed by atoms with Gasteiger partial charge in [-0.2, -0.15) is 0 Å². The van der Waals surface area contributed by atoms with Crippen LogP contribution in [0.4, 0.5) is 0 Å². The van der Waals surface area contributed by atoms with E-state index in [0.717, 1.165) is 62.4 Å². The average Bonchev–Trinajstić information content (AvgIpc) is 3.24. The van der Waals surface area contributed by atoms with Crippen LogP contribution >= 0.6 is 11.6 Å². The van der Waals surface area contributed by atoms with Crippen LogP contribution < -0.4 is 0 Å². The summed E-state index contributed by atoms with van der Waals surface area (Å²) in [6.45, 7) is 2.31. The minimum Gasteiger partial charge on any atom is -0.440 e. The Hall–Kier alpha value is -1.59. The van der Waals surface area contributed by atoms with Crippen LogP contribution in [-0.2, 0) is 9.53 Å². The summed E-state index contributed by atoms with van der Waals surface area (Å²) in [7, 11) is 0. The Morgan fingerprint density at radius 2 is 2.12 bits per heavy atom. The van der Waals surface area contributed by atoms with Crippen LogP contribution in [0.3, 0.4) is 0 Å². The Bertz CT molecular complexity index is 731. The SMILES string of the molecule is O=C(C[C@@H]1CCCO1)N1CCC(c2nc3cc(Cl)ccc3o2)CC1. The summed E-state index contributed by atoms with van der Waals surface area (Å²) < 4.78 is 11.4. The minimum absolute atomic E-state index is 0.122. The third kappa shape index (κ3) is 3.28. The van der Waals surface area contributed by atoms with E-state index in [4.69, 9.17) is 20.8 Å². The smallest absolute Gasteiger partial charge is 0.225 e. The number of nitrogens with zero attached hydrogens (tertiary/aromatic N) is 2. The van der Waals surface area contributed by atoms with Crippen molar-refractivity contribution in [1.29, 1.82) is 0 Å². The largest absolute Gasteiger partial charge is 0.440 e. The second-order valence-corrected chi connectivity index (χ2v) is 7.09. The fraction of sp³-hybridized carbons (Fsp3) is 0.556. The molecule has 2 saturated heterocycles. The first-order valence-corrected chi connectivity index (χ1v) is 9.02. The van der Waals surface area contributed by atoms with Crippen LogP contribution in [0.15, 0.2) is 22.6 Å². The molecule has 2 aromatic rings. The lowest BCUT2D eigenvalue weighted by atomic mass is 9.96. The molecule has 1 aromatic carbocycles. The monoisotopic (exact) mass is 348 g/mol. The van der Waals surface area contributed by atoms with E-state index in [9.17, 15) is 4.79 Å². The average molecular weight is 349 g/mol. The van der Waals surface area contributed by atoms with Crippen LogP contribution in [0.1, 0.15) is 43.9 Å². The van der Waals surface area contributed by atoms with Gasteiger partial charge < -0.3 is 14.1 Å². The van der Waals surface area contributed by atoms with Crippen LogP contribution in [0, 0.1) is 0 Å². The standard InChI is InChI=1S/C18H21ClN2O3/c19-13-3-4-16-15(10-13)20-18(24-16)12-5-7-21(8-6-12)17(22)11-14-2-1-9-23-14/h3-4,10,12,14H,1-2,5-9,11H2/t14-/m0/s1. The maximum Gasteiger partial charge on any atom is 0.225 e. The zero-order chi connectivity index (χ0) is 16.5. The highest BCUT2D eigenvalue weighted by molar-refractivity contribution is 6.31. The highest BCUT2D eigenvalue weighted by Gasteiger charge is 2.29. The molecule has 0 aliphatic carbocycles. The quantitative estimate of drug-likeness (QED) is 0.847. The molecule has 4 rings (SSSR count). The molecule has 1 amide bonds. The van der Waals surface area contributed by atoms with Gasteiger partial charge in [-0.15, -0.1) is 0 Å². The van der Waals surface area contributed by atoms with Crippen molar-refractivity contribution in [2.24, 2.45) is 0 Å². The molecule has 5 nitrogen and oxygen atoms in total. The number of carbonyl (C=O) groups excluding carboxylic acids is 1. The number of hydrogen-bond donors (Lipinski definition) is 0. The summed E-state index contributed by atoms with van der Waals surface area (Å²) in [6, 6.07) is 5.49. The molecule has 0 unspecified atom stereocenters. The Labute approximate surface area is 145 Å². The highest BCUT2D eigenvalue weighted by atomic mass is 35.5. The molecular weight excluding hydrogens is 328 g/mol. The van der Waals surface area contributed by atoms with Crippen LogP contribution in [0.25, 0.3) is 11.1 Å². The first kappa shape index (κ1) is 15.9. The van der Waals surface area contributed by atoms with Gasteiger partial charge in [0.25, 0.3) is 0 Å². The maximum absolute atomic E-state index is 12.4. The van der Waals surface area contributed by atoms with Crippen molar-refractivity contribution in [3.8, 4) is 0 Å². The Morgan fingerprint density at radius 3 is 2.88 bits per heavy atom. The number of oxazole rings is 1. The number of benzene rings is 1. The Balaban J connectivity index is 1.37. The molecule has 6 heteroatoms. The van der Waals surface area contributed by atoms with Crippen molar-refractivity contribution in [3.05, 3.63) is 29.1 Å². The predicted octanol–water partition coefficient (Wildman–Crippen LogP) is 3.76. The molecule has 0 radical (unpaired) electrons. The van der Waals surface area contributed by atoms with Crippen molar-refractivity contribution in [2.45, 2.75) is 44.1 Å². The number of amides is 1. The Morgan fingerprint density at radius 1 is 1.29 bits per heavy atom. The normalized spacial score (nSPS) is 22.4. The van der Waals surface area contributed by atoms with E-state index in [1.54, 1.807) is 0 Å². The van der Waals surface area contributed by atoms with Crippen molar-refractivity contribution in [2.75, 3.05) is 19.7 Å². The zero-order valence-electron chi connectivity index (χ0n) is 13.5. The molecule has 128 valence electrons. The van der Waals surface area contributed by atoms with Gasteiger partial charge in [0.2, 0.25) is 5.91 Å². The second kappa shape index (κ2) is 6.73. The number of piperidine rings is 1. The van der Waals surface area contributed by atoms with Crippen molar-refractivity contribution < 1.29 is 13.9 Å². The van der Waals surface area contributed by atoms with E-state index < -0.39 is 0 Å². The summed E-state index contributed by atoms with van der Waals surface area (Å²) in [5.41, 5.74) is 1.57. The fourth-order valence-electron chi connectivity index (χ4n) is 3.60. The third-order valence-corrected chi connectivity index (χ3v) is 5.22. The fourth-order valence-corrected chi connectivity index (χ4v) is 3.76. The number of carbonyl (C=O) groups is 1. The topological polar surface area (TPSA) is 55.6 Å². The molecule has 2 aliphatic heterocycles. The number of aromatic nitrogens is 1. The number of rotatable bonds is 3. The lowest BCUT2D eigenvalue weighted by Crippen LogP contribution is -2.39. The second-order valence-electron chi connectivity index (χ2n) is 6.66. The van der Waals surface area contributed by atoms with Gasteiger partial charge in [-0.05, 0) is 43.9 Å². The Kier molecular flexibility index (Phi) is 4.46. The number of likely N-dealkylation sites (tertiary alicyclic amines) is 1. The number of ether oxygens (including phenoxy) is 1. The van der Waals surface area contributed by atoms with Gasteiger partial charge in [-0.3, -0.25) is 4.79 Å². The van der Waals surface area contributed by atoms with E-state index in [1.165, 1.54) is 0 Å². The van der Waals surface area contributed by atoms with Crippen LogP contribution in [0.2, 0.25) is 5.02 Å². The summed E-state index contributed by atoms with van der Waals surface area (Å²) >= 11 is 6.00. The summed E-state index contributed by atoms with van der Waals surface area (Å²) in [4.78, 5) is 18.9. The lowest BCUT2D eigenvalue weighted by Gasteiger charge is -2.31.